The van der Waals surface area contributed by atoms with Gasteiger partial charge in [0.1, 0.15) is 0 Å². The van der Waals surface area contributed by atoms with Crippen LogP contribution in [0, 0.1) is 5.92 Å². The molecule has 0 spiro atoms. The van der Waals surface area contributed by atoms with E-state index < -0.39 is 0 Å². The van der Waals surface area contributed by atoms with E-state index in [0.717, 1.165) is 25.2 Å². The van der Waals surface area contributed by atoms with Crippen molar-refractivity contribution in [3.05, 3.63) is 34.9 Å². The van der Waals surface area contributed by atoms with E-state index in [4.69, 9.17) is 11.6 Å². The summed E-state index contributed by atoms with van der Waals surface area (Å²) in [6.45, 7) is 2.85. The van der Waals surface area contributed by atoms with Gasteiger partial charge in [0, 0.05) is 24.2 Å². The Morgan fingerprint density at radius 2 is 2.21 bits per heavy atom. The number of likely N-dealkylation sites (tertiary alicyclic amines) is 1. The highest BCUT2D eigenvalue weighted by molar-refractivity contribution is 6.31. The third kappa shape index (κ3) is 2.77. The predicted octanol–water partition coefficient (Wildman–Crippen LogP) is 2.09. The molecule has 3 nitrogen and oxygen atoms in total. The molecule has 4 heteroatoms. The second-order valence-corrected chi connectivity index (χ2v) is 5.94. The number of nitrogens with one attached hydrogen (secondary N) is 1. The molecule has 1 amide bonds. The first kappa shape index (κ1) is 12.9. The van der Waals surface area contributed by atoms with E-state index in [9.17, 15) is 4.79 Å². The van der Waals surface area contributed by atoms with Gasteiger partial charge >= 0.3 is 0 Å². The van der Waals surface area contributed by atoms with Crippen molar-refractivity contribution >= 4 is 17.5 Å². The average molecular weight is 279 g/mol. The molecule has 1 aromatic carbocycles. The van der Waals surface area contributed by atoms with Gasteiger partial charge in [-0.25, -0.2) is 0 Å². The number of piperidine rings is 1. The molecule has 0 aliphatic carbocycles. The number of hydrogen-bond donors (Lipinski definition) is 1. The van der Waals surface area contributed by atoms with Crippen molar-refractivity contribution in [3.8, 4) is 0 Å². The highest BCUT2D eigenvalue weighted by Gasteiger charge is 2.36. The van der Waals surface area contributed by atoms with Crippen LogP contribution in [0.3, 0.4) is 0 Å². The molecule has 2 aliphatic rings. The smallest absolute Gasteiger partial charge is 0.227 e. The Hall–Kier alpha value is -1.06. The fraction of sp³-hybridized carbons (Fsp3) is 0.533. The molecule has 2 saturated heterocycles. The van der Waals surface area contributed by atoms with Crippen LogP contribution in [0.1, 0.15) is 18.4 Å². The zero-order valence-electron chi connectivity index (χ0n) is 10.9. The van der Waals surface area contributed by atoms with Crippen LogP contribution in [0.4, 0.5) is 0 Å². The van der Waals surface area contributed by atoms with Crippen molar-refractivity contribution in [1.29, 1.82) is 0 Å². The van der Waals surface area contributed by atoms with Crippen LogP contribution in [0.5, 0.6) is 0 Å². The summed E-state index contributed by atoms with van der Waals surface area (Å²) in [5, 5.41) is 4.21. The van der Waals surface area contributed by atoms with Gasteiger partial charge in [0.2, 0.25) is 5.91 Å². The number of nitrogens with zero attached hydrogens (tertiary/aromatic N) is 1. The van der Waals surface area contributed by atoms with Crippen LogP contribution in [-0.2, 0) is 11.2 Å². The summed E-state index contributed by atoms with van der Waals surface area (Å²) in [6.07, 6.45) is 2.89. The van der Waals surface area contributed by atoms with Crippen molar-refractivity contribution < 1.29 is 4.79 Å². The summed E-state index contributed by atoms with van der Waals surface area (Å²) in [4.78, 5) is 14.3. The van der Waals surface area contributed by atoms with Crippen LogP contribution in [0.2, 0.25) is 5.02 Å². The number of amides is 1. The Labute approximate surface area is 118 Å². The molecule has 0 unspecified atom stereocenters. The summed E-state index contributed by atoms with van der Waals surface area (Å²) in [5.41, 5.74) is 0.928. The summed E-state index contributed by atoms with van der Waals surface area (Å²) in [6, 6.07) is 8.10. The third-order valence-electron chi connectivity index (χ3n) is 4.25. The normalized spacial score (nSPS) is 26.3. The van der Waals surface area contributed by atoms with Crippen molar-refractivity contribution in [2.75, 3.05) is 19.6 Å². The van der Waals surface area contributed by atoms with Crippen LogP contribution in [-0.4, -0.2) is 36.5 Å². The van der Waals surface area contributed by atoms with Crippen LogP contribution >= 0.6 is 11.6 Å². The molecular weight excluding hydrogens is 260 g/mol. The highest BCUT2D eigenvalue weighted by atomic mass is 35.5. The maximum Gasteiger partial charge on any atom is 0.227 e. The minimum absolute atomic E-state index is 0.198. The second kappa shape index (κ2) is 5.51. The average Bonchev–Trinajstić information content (AvgIpc) is 2.85. The van der Waals surface area contributed by atoms with Gasteiger partial charge in [0.05, 0.1) is 6.42 Å². The highest BCUT2D eigenvalue weighted by Crippen LogP contribution is 2.26. The van der Waals surface area contributed by atoms with Gasteiger partial charge in [-0.1, -0.05) is 29.8 Å². The number of benzene rings is 1. The Bertz CT molecular complexity index is 463. The summed E-state index contributed by atoms with van der Waals surface area (Å²) in [5.74, 6) is 0.841. The monoisotopic (exact) mass is 278 g/mol. The molecule has 0 bridgehead atoms. The maximum absolute atomic E-state index is 12.3. The van der Waals surface area contributed by atoms with Crippen molar-refractivity contribution in [2.45, 2.75) is 25.3 Å². The molecule has 2 atom stereocenters. The lowest BCUT2D eigenvalue weighted by Gasteiger charge is -2.24. The lowest BCUT2D eigenvalue weighted by atomic mass is 9.94. The topological polar surface area (TPSA) is 32.3 Å². The minimum atomic E-state index is 0.198. The Morgan fingerprint density at radius 1 is 1.37 bits per heavy atom. The first-order valence-electron chi connectivity index (χ1n) is 6.98. The first-order valence-corrected chi connectivity index (χ1v) is 7.36. The molecule has 0 saturated carbocycles. The van der Waals surface area contributed by atoms with Gasteiger partial charge in [-0.2, -0.15) is 0 Å². The van der Waals surface area contributed by atoms with Crippen molar-refractivity contribution in [3.63, 3.8) is 0 Å². The van der Waals surface area contributed by atoms with Gasteiger partial charge in [0.15, 0.2) is 0 Å². The van der Waals surface area contributed by atoms with E-state index in [1.807, 2.05) is 29.2 Å². The SMILES string of the molecule is O=C(Cc1ccccc1Cl)N1C[C@@H]2CCCN[C@@H]2C1. The molecule has 2 fully saturated rings. The predicted molar refractivity (Wildman–Crippen MR) is 76.3 cm³/mol. The first-order chi connectivity index (χ1) is 9.24. The second-order valence-electron chi connectivity index (χ2n) is 5.53. The van der Waals surface area contributed by atoms with Gasteiger partial charge in [-0.3, -0.25) is 4.79 Å². The zero-order valence-corrected chi connectivity index (χ0v) is 11.7. The van der Waals surface area contributed by atoms with Crippen LogP contribution in [0.25, 0.3) is 0 Å². The number of carbonyl (C=O) groups is 1. The molecule has 19 heavy (non-hydrogen) atoms. The van der Waals surface area contributed by atoms with E-state index >= 15 is 0 Å². The molecule has 2 aliphatic heterocycles. The summed E-state index contributed by atoms with van der Waals surface area (Å²) < 4.78 is 0. The molecule has 1 aromatic rings. The fourth-order valence-electron chi connectivity index (χ4n) is 3.17. The van der Waals surface area contributed by atoms with E-state index in [2.05, 4.69) is 5.32 Å². The molecule has 102 valence electrons. The lowest BCUT2D eigenvalue weighted by Crippen LogP contribution is -2.41. The van der Waals surface area contributed by atoms with Gasteiger partial charge in [-0.05, 0) is 36.9 Å². The van der Waals surface area contributed by atoms with E-state index in [0.29, 0.717) is 23.4 Å². The maximum atomic E-state index is 12.3. The van der Waals surface area contributed by atoms with Crippen molar-refractivity contribution in [1.82, 2.24) is 10.2 Å². The molecule has 2 heterocycles. The minimum Gasteiger partial charge on any atom is -0.340 e. The number of halogens is 1. The number of rotatable bonds is 2. The van der Waals surface area contributed by atoms with E-state index in [1.54, 1.807) is 0 Å². The lowest BCUT2D eigenvalue weighted by molar-refractivity contribution is -0.129. The standard InChI is InChI=1S/C15H19ClN2O/c16-13-6-2-1-4-11(13)8-15(19)18-9-12-5-3-7-17-14(12)10-18/h1-2,4,6,12,14,17H,3,5,7-10H2/t12-,14+/m0/s1. The summed E-state index contributed by atoms with van der Waals surface area (Å²) in [7, 11) is 0. The third-order valence-corrected chi connectivity index (χ3v) is 4.62. The van der Waals surface area contributed by atoms with E-state index in [-0.39, 0.29) is 5.91 Å². The van der Waals surface area contributed by atoms with Crippen LogP contribution < -0.4 is 5.32 Å². The van der Waals surface area contributed by atoms with Crippen LogP contribution in [0.15, 0.2) is 24.3 Å². The Morgan fingerprint density at radius 3 is 3.00 bits per heavy atom. The van der Waals surface area contributed by atoms with E-state index in [1.165, 1.54) is 12.8 Å². The molecule has 3 rings (SSSR count). The number of hydrogen-bond acceptors (Lipinski definition) is 2. The number of fused-ring (bicyclic) bond motifs is 1. The van der Waals surface area contributed by atoms with Gasteiger partial charge < -0.3 is 10.2 Å². The Kier molecular flexibility index (Phi) is 3.76. The van der Waals surface area contributed by atoms with Gasteiger partial charge in [-0.15, -0.1) is 0 Å². The zero-order chi connectivity index (χ0) is 13.2. The fourth-order valence-corrected chi connectivity index (χ4v) is 3.37. The summed E-state index contributed by atoms with van der Waals surface area (Å²) >= 11 is 6.11. The molecule has 0 radical (unpaired) electrons. The molecular formula is C15H19ClN2O. The quantitative estimate of drug-likeness (QED) is 0.898. The van der Waals surface area contributed by atoms with Crippen molar-refractivity contribution in [2.24, 2.45) is 5.92 Å². The largest absolute Gasteiger partial charge is 0.340 e. The molecule has 0 aromatic heterocycles. The molecule has 1 N–H and O–H groups in total. The number of carbonyl (C=O) groups excluding carboxylic acids is 1. The van der Waals surface area contributed by atoms with Gasteiger partial charge in [0.25, 0.3) is 0 Å². The Balaban J connectivity index is 1.64.